The summed E-state index contributed by atoms with van der Waals surface area (Å²) in [5, 5.41) is 6.33. The van der Waals surface area contributed by atoms with Gasteiger partial charge >= 0.3 is 0 Å². The Hall–Kier alpha value is -3.79. The third kappa shape index (κ3) is 8.25. The Kier molecular flexibility index (Phi) is 13.3. The van der Waals surface area contributed by atoms with E-state index in [1.165, 1.54) is 16.6 Å². The first-order valence-electron chi connectivity index (χ1n) is 15.6. The van der Waals surface area contributed by atoms with E-state index in [2.05, 4.69) is 20.6 Å². The highest BCUT2D eigenvalue weighted by molar-refractivity contribution is 14.0. The summed E-state index contributed by atoms with van der Waals surface area (Å²) in [7, 11) is -3.89. The first kappa shape index (κ1) is 38.7. The fourth-order valence-corrected chi connectivity index (χ4v) is 7.33. The van der Waals surface area contributed by atoms with Crippen LogP contribution in [-0.2, 0) is 21.4 Å². The van der Waals surface area contributed by atoms with Gasteiger partial charge in [-0.2, -0.15) is 4.31 Å². The minimum Gasteiger partial charge on any atom is -0.472 e. The lowest BCUT2D eigenvalue weighted by atomic mass is 9.83. The Morgan fingerprint density at radius 3 is 2.56 bits per heavy atom. The van der Waals surface area contributed by atoms with Crippen LogP contribution in [0.25, 0.3) is 0 Å². The van der Waals surface area contributed by atoms with Crippen molar-refractivity contribution in [2.45, 2.75) is 70.9 Å². The van der Waals surface area contributed by atoms with Gasteiger partial charge in [0, 0.05) is 39.2 Å². The minimum atomic E-state index is -3.89. The van der Waals surface area contributed by atoms with Gasteiger partial charge < -0.3 is 27.3 Å². The van der Waals surface area contributed by atoms with Crippen LogP contribution in [0.1, 0.15) is 67.4 Å². The van der Waals surface area contributed by atoms with Gasteiger partial charge in [-0.1, -0.05) is 31.2 Å². The molecule has 11 nitrogen and oxygen atoms in total. The number of benzene rings is 2. The van der Waals surface area contributed by atoms with E-state index in [1.54, 1.807) is 18.5 Å². The summed E-state index contributed by atoms with van der Waals surface area (Å²) in [6.45, 7) is 10.9. The number of aromatic nitrogens is 2. The molecule has 4 aromatic rings. The fourth-order valence-electron chi connectivity index (χ4n) is 5.81. The van der Waals surface area contributed by atoms with Gasteiger partial charge in [0.1, 0.15) is 11.0 Å². The normalized spacial score (nSPS) is 15.8. The average Bonchev–Trinajstić information content (AvgIpc) is 3.14. The highest BCUT2D eigenvalue weighted by Crippen LogP contribution is 2.37. The number of fused-ring (bicyclic) bond motifs is 1. The highest BCUT2D eigenvalue weighted by atomic mass is 127. The fraction of sp³-hybridized carbons (Fsp3) is 0.343. The maximum Gasteiger partial charge on any atom is 0.248 e. The van der Waals surface area contributed by atoms with Crippen LogP contribution in [0.2, 0.25) is 0 Å². The summed E-state index contributed by atoms with van der Waals surface area (Å²) in [5.41, 5.74) is 14.1. The second-order valence-corrected chi connectivity index (χ2v) is 13.6. The lowest BCUT2D eigenvalue weighted by Crippen LogP contribution is -2.36. The zero-order valence-electron chi connectivity index (χ0n) is 28.1. The molecular weight excluding hydrogens is 741 g/mol. The number of pyridine rings is 2. The van der Waals surface area contributed by atoms with Crippen molar-refractivity contribution in [3.63, 3.8) is 0 Å². The average molecular weight is 790 g/mol. The molecule has 2 atom stereocenters. The van der Waals surface area contributed by atoms with E-state index in [9.17, 15) is 13.2 Å². The van der Waals surface area contributed by atoms with Crippen LogP contribution in [0.3, 0.4) is 0 Å². The predicted octanol–water partition coefficient (Wildman–Crippen LogP) is 6.96. The Morgan fingerprint density at radius 1 is 1.08 bits per heavy atom. The smallest absolute Gasteiger partial charge is 0.248 e. The van der Waals surface area contributed by atoms with Crippen molar-refractivity contribution >= 4 is 57.0 Å². The molecule has 0 saturated carbocycles. The second kappa shape index (κ2) is 16.5. The van der Waals surface area contributed by atoms with Crippen molar-refractivity contribution in [2.75, 3.05) is 29.5 Å². The minimum absolute atomic E-state index is 0. The number of nitrogens with two attached hydrogens (primary N) is 1. The van der Waals surface area contributed by atoms with E-state index in [0.717, 1.165) is 45.6 Å². The number of rotatable bonds is 10. The molecule has 260 valence electrons. The third-order valence-corrected chi connectivity index (χ3v) is 10.4. The molecule has 5 rings (SSSR count). The van der Waals surface area contributed by atoms with Crippen LogP contribution in [0.15, 0.2) is 72.0 Å². The maximum atomic E-state index is 13.9. The molecule has 1 aliphatic rings. The predicted molar refractivity (Wildman–Crippen MR) is 204 cm³/mol. The number of halogens is 1. The number of nitrogens with zero attached hydrogens (tertiary/aromatic N) is 3. The molecule has 7 N–H and O–H groups in total. The number of carbonyl (C=O) groups is 1. The summed E-state index contributed by atoms with van der Waals surface area (Å²) >= 11 is 0. The second-order valence-electron chi connectivity index (χ2n) is 11.7. The van der Waals surface area contributed by atoms with Gasteiger partial charge in [0.15, 0.2) is 0 Å². The maximum absolute atomic E-state index is 13.9. The van der Waals surface area contributed by atoms with Crippen molar-refractivity contribution in [3.05, 3.63) is 101 Å². The first-order valence-corrected chi connectivity index (χ1v) is 17.0. The molecule has 1 amide bonds. The largest absolute Gasteiger partial charge is 0.472 e. The van der Waals surface area contributed by atoms with Crippen LogP contribution in [0, 0.1) is 20.8 Å². The lowest BCUT2D eigenvalue weighted by Gasteiger charge is -2.25. The zero-order valence-corrected chi connectivity index (χ0v) is 31.3. The van der Waals surface area contributed by atoms with Crippen molar-refractivity contribution in [1.82, 2.24) is 20.4 Å². The van der Waals surface area contributed by atoms with Crippen molar-refractivity contribution in [3.8, 4) is 5.88 Å². The van der Waals surface area contributed by atoms with E-state index in [0.29, 0.717) is 17.8 Å². The van der Waals surface area contributed by atoms with Gasteiger partial charge in [-0.15, -0.1) is 24.0 Å². The van der Waals surface area contributed by atoms with Gasteiger partial charge in [0.25, 0.3) is 0 Å². The van der Waals surface area contributed by atoms with Crippen LogP contribution in [0.4, 0.5) is 17.1 Å². The molecule has 0 spiro atoms. The summed E-state index contributed by atoms with van der Waals surface area (Å²) in [6, 6.07) is 15.0. The molecule has 1 aliphatic heterocycles. The topological polar surface area (TPSA) is 175 Å². The van der Waals surface area contributed by atoms with Gasteiger partial charge in [-0.05, 0) is 91.8 Å². The summed E-state index contributed by atoms with van der Waals surface area (Å²) < 4.78 is 35.3. The van der Waals surface area contributed by atoms with Gasteiger partial charge in [0.2, 0.25) is 21.8 Å². The number of amides is 1. The van der Waals surface area contributed by atoms with Gasteiger partial charge in [0.05, 0.1) is 29.8 Å². The Bertz CT molecular complexity index is 1860. The number of nitrogens with one attached hydrogen (secondary N) is 2. The number of hydrogen-bond donors (Lipinski definition) is 4. The molecule has 0 bridgehead atoms. The molecule has 0 aliphatic carbocycles. The van der Waals surface area contributed by atoms with E-state index in [-0.39, 0.29) is 79.8 Å². The number of hydrogen-bond acceptors (Lipinski definition) is 9. The Morgan fingerprint density at radius 2 is 1.85 bits per heavy atom. The Balaban J connectivity index is 0.00000278. The molecule has 0 radical (unpaired) electrons. The summed E-state index contributed by atoms with van der Waals surface area (Å²) in [5.74, 6) is -0.392. The zero-order chi connectivity index (χ0) is 33.0. The Labute approximate surface area is 302 Å². The van der Waals surface area contributed by atoms with E-state index >= 15 is 0 Å². The molecule has 0 saturated heterocycles. The van der Waals surface area contributed by atoms with E-state index in [4.69, 9.17) is 10.5 Å². The number of aryl methyl sites for hydroxylation is 2. The molecule has 2 aromatic heterocycles. The summed E-state index contributed by atoms with van der Waals surface area (Å²) in [6.07, 6.45) is 5.29. The molecule has 2 aromatic carbocycles. The number of nitrogen functional groups attached to an aromatic ring is 1. The van der Waals surface area contributed by atoms with Crippen LogP contribution in [-0.4, -0.2) is 47.8 Å². The van der Waals surface area contributed by atoms with Gasteiger partial charge in [-0.25, -0.2) is 13.4 Å². The molecular formula is C35H48IN7O4S. The number of sulfonamides is 1. The number of ether oxygens (including phenoxy) is 1. The molecule has 0 fully saturated rings. The summed E-state index contributed by atoms with van der Waals surface area (Å²) in [4.78, 5) is 22.0. The SMILES string of the molecule is CCNc1ccc([C@@H](CC(=O)Nc2cnccc2C)c2ccc(C)c(CN3C[C@@H](CC)Oc4ncccc4S3(=O)=O)c2)c(C)c1N.I.N.[HH]. The van der Waals surface area contributed by atoms with Crippen molar-refractivity contribution < 1.29 is 19.4 Å². The van der Waals surface area contributed by atoms with E-state index < -0.39 is 10.0 Å². The van der Waals surface area contributed by atoms with Crippen molar-refractivity contribution in [2.24, 2.45) is 0 Å². The monoisotopic (exact) mass is 789 g/mol. The highest BCUT2D eigenvalue weighted by Gasteiger charge is 2.35. The lowest BCUT2D eigenvalue weighted by molar-refractivity contribution is -0.116. The standard InChI is InChI=1S/C35H42N6O4S.HI.H3N.H2/c1-6-27-21-41(46(43,44)32-9-8-15-39-35(32)45-27)20-26-17-25(11-10-22(26)3)29(18-33(42)40-31-19-37-16-14-23(31)4)28-12-13-30(38-7-2)34(36)24(28)5;;;/h8-17,19,27,29,38H,6-7,18,20-21,36H2,1-5H3,(H,40,42);1H;1H3;1H/t27-,29+;;;/m1.../s1. The number of anilines is 3. The molecule has 48 heavy (non-hydrogen) atoms. The first-order chi connectivity index (χ1) is 22.0. The molecule has 3 heterocycles. The van der Waals surface area contributed by atoms with Crippen LogP contribution in [0.5, 0.6) is 5.88 Å². The molecule has 0 unspecified atom stereocenters. The van der Waals surface area contributed by atoms with Gasteiger partial charge in [-0.3, -0.25) is 9.78 Å². The van der Waals surface area contributed by atoms with Crippen molar-refractivity contribution in [1.29, 1.82) is 0 Å². The third-order valence-electron chi connectivity index (χ3n) is 8.62. The van der Waals surface area contributed by atoms with Crippen LogP contribution >= 0.6 is 24.0 Å². The molecule has 13 heteroatoms. The quantitative estimate of drug-likeness (QED) is 0.0978. The van der Waals surface area contributed by atoms with Crippen LogP contribution < -0.4 is 27.3 Å². The number of carbonyl (C=O) groups excluding carboxylic acids is 1. The van der Waals surface area contributed by atoms with E-state index in [1.807, 2.05) is 71.0 Å².